The van der Waals surface area contributed by atoms with Crippen LogP contribution in [-0.2, 0) is 4.74 Å². The lowest BCUT2D eigenvalue weighted by Crippen LogP contribution is -2.16. The number of rotatable bonds is 5. The van der Waals surface area contributed by atoms with Crippen LogP contribution in [0.1, 0.15) is 30.1 Å². The van der Waals surface area contributed by atoms with Gasteiger partial charge in [-0.05, 0) is 25.0 Å². The number of Topliss-reactive ketones (excluding diaryl/α,β-unsaturated/α-hetero) is 1. The van der Waals surface area contributed by atoms with E-state index in [1.807, 2.05) is 24.3 Å². The van der Waals surface area contributed by atoms with Crippen LogP contribution in [-0.4, -0.2) is 25.6 Å². The van der Waals surface area contributed by atoms with E-state index >= 15 is 0 Å². The van der Waals surface area contributed by atoms with Gasteiger partial charge in [0.05, 0.1) is 18.8 Å². The van der Waals surface area contributed by atoms with Crippen LogP contribution in [0.15, 0.2) is 24.3 Å². The zero-order valence-electron chi connectivity index (χ0n) is 10.1. The molecule has 17 heavy (non-hydrogen) atoms. The van der Waals surface area contributed by atoms with Crippen LogP contribution in [0.3, 0.4) is 0 Å². The molecule has 1 atom stereocenters. The van der Waals surface area contributed by atoms with Gasteiger partial charge in [-0.2, -0.15) is 0 Å². The van der Waals surface area contributed by atoms with Crippen molar-refractivity contribution >= 4 is 5.78 Å². The van der Waals surface area contributed by atoms with Crippen LogP contribution in [0.25, 0.3) is 0 Å². The fraction of sp³-hybridized carbons (Fsp3) is 0.500. The molecule has 2 rings (SSSR count). The van der Waals surface area contributed by atoms with Crippen LogP contribution >= 0.6 is 0 Å². The van der Waals surface area contributed by atoms with Gasteiger partial charge in [-0.15, -0.1) is 0 Å². The highest BCUT2D eigenvalue weighted by atomic mass is 16.5. The molecule has 92 valence electrons. The summed E-state index contributed by atoms with van der Waals surface area (Å²) in [7, 11) is 0. The second-order valence-corrected chi connectivity index (χ2v) is 4.27. The summed E-state index contributed by atoms with van der Waals surface area (Å²) in [5.74, 6) is 0.849. The van der Waals surface area contributed by atoms with Gasteiger partial charge in [0.25, 0.3) is 0 Å². The van der Waals surface area contributed by atoms with E-state index in [1.165, 1.54) is 0 Å². The molecule has 1 aromatic carbocycles. The van der Waals surface area contributed by atoms with Crippen molar-refractivity contribution in [3.63, 3.8) is 0 Å². The summed E-state index contributed by atoms with van der Waals surface area (Å²) in [4.78, 5) is 12.3. The Labute approximate surface area is 102 Å². The van der Waals surface area contributed by atoms with E-state index in [2.05, 4.69) is 6.92 Å². The second-order valence-electron chi connectivity index (χ2n) is 4.27. The van der Waals surface area contributed by atoms with Crippen molar-refractivity contribution < 1.29 is 14.3 Å². The monoisotopic (exact) mass is 234 g/mol. The molecule has 1 saturated heterocycles. The average Bonchev–Trinajstić information content (AvgIpc) is 2.89. The van der Waals surface area contributed by atoms with Gasteiger partial charge in [-0.1, -0.05) is 19.1 Å². The number of carbonyl (C=O) groups is 1. The Morgan fingerprint density at radius 1 is 1.47 bits per heavy atom. The molecule has 1 fully saturated rings. The topological polar surface area (TPSA) is 35.5 Å². The average molecular weight is 234 g/mol. The fourth-order valence-corrected chi connectivity index (χ4v) is 1.97. The lowest BCUT2D eigenvalue weighted by molar-refractivity contribution is 0.0896. The minimum Gasteiger partial charge on any atom is -0.493 e. The fourth-order valence-electron chi connectivity index (χ4n) is 1.97. The van der Waals surface area contributed by atoms with E-state index in [1.54, 1.807) is 0 Å². The van der Waals surface area contributed by atoms with E-state index in [4.69, 9.17) is 9.47 Å². The summed E-state index contributed by atoms with van der Waals surface area (Å²) in [5, 5.41) is 0. The molecule has 0 N–H and O–H groups in total. The highest BCUT2D eigenvalue weighted by Crippen LogP contribution is 2.25. The van der Waals surface area contributed by atoms with Gasteiger partial charge in [0.15, 0.2) is 5.78 Å². The summed E-state index contributed by atoms with van der Waals surface area (Å²) in [6.45, 7) is 3.93. The van der Waals surface area contributed by atoms with E-state index in [0.717, 1.165) is 12.8 Å². The van der Waals surface area contributed by atoms with Gasteiger partial charge >= 0.3 is 0 Å². The summed E-state index contributed by atoms with van der Waals surface area (Å²) in [6, 6.07) is 7.47. The van der Waals surface area contributed by atoms with E-state index in [9.17, 15) is 4.79 Å². The normalized spacial score (nSPS) is 19.2. The maximum absolute atomic E-state index is 12.3. The smallest absolute Gasteiger partial charge is 0.172 e. The highest BCUT2D eigenvalue weighted by Gasteiger charge is 2.26. The first kappa shape index (κ1) is 12.1. The van der Waals surface area contributed by atoms with Gasteiger partial charge in [0, 0.05) is 12.5 Å². The van der Waals surface area contributed by atoms with Gasteiger partial charge in [0.1, 0.15) is 5.75 Å². The van der Waals surface area contributed by atoms with Crippen LogP contribution in [0.5, 0.6) is 5.75 Å². The van der Waals surface area contributed by atoms with Crippen molar-refractivity contribution in [1.82, 2.24) is 0 Å². The molecular weight excluding hydrogens is 216 g/mol. The van der Waals surface area contributed by atoms with Gasteiger partial charge in [-0.25, -0.2) is 0 Å². The molecule has 0 saturated carbocycles. The Morgan fingerprint density at radius 2 is 2.29 bits per heavy atom. The molecular formula is C14H18O3. The quantitative estimate of drug-likeness (QED) is 0.735. The number of ketones is 1. The largest absolute Gasteiger partial charge is 0.493 e. The lowest BCUT2D eigenvalue weighted by Gasteiger charge is -2.12. The highest BCUT2D eigenvalue weighted by molar-refractivity contribution is 6.00. The first-order chi connectivity index (χ1) is 8.33. The third-order valence-electron chi connectivity index (χ3n) is 2.91. The third-order valence-corrected chi connectivity index (χ3v) is 2.91. The van der Waals surface area contributed by atoms with Crippen molar-refractivity contribution in [1.29, 1.82) is 0 Å². The minimum absolute atomic E-state index is 0.00127. The summed E-state index contributed by atoms with van der Waals surface area (Å²) in [6.07, 6.45) is 1.76. The molecule has 1 aromatic rings. The zero-order chi connectivity index (χ0) is 12.1. The van der Waals surface area contributed by atoms with E-state index in [-0.39, 0.29) is 11.7 Å². The Hall–Kier alpha value is -1.35. The summed E-state index contributed by atoms with van der Waals surface area (Å²) in [5.41, 5.74) is 0.691. The van der Waals surface area contributed by atoms with Crippen molar-refractivity contribution in [2.75, 3.05) is 19.8 Å². The van der Waals surface area contributed by atoms with Crippen LogP contribution in [0, 0.1) is 5.92 Å². The molecule has 1 aliphatic heterocycles. The minimum atomic E-state index is 0.00127. The van der Waals surface area contributed by atoms with Crippen LogP contribution in [0.2, 0.25) is 0 Å². The maximum atomic E-state index is 12.3. The lowest BCUT2D eigenvalue weighted by atomic mass is 9.96. The molecule has 0 aliphatic carbocycles. The van der Waals surface area contributed by atoms with Gasteiger partial charge < -0.3 is 9.47 Å². The SMILES string of the molecule is CCCOc1ccccc1C(=O)C1CCOC1. The van der Waals surface area contributed by atoms with Crippen molar-refractivity contribution in [2.45, 2.75) is 19.8 Å². The Kier molecular flexibility index (Phi) is 4.15. The van der Waals surface area contributed by atoms with E-state index in [0.29, 0.717) is 31.1 Å². The number of hydrogen-bond acceptors (Lipinski definition) is 3. The van der Waals surface area contributed by atoms with Crippen molar-refractivity contribution in [3.05, 3.63) is 29.8 Å². The molecule has 0 bridgehead atoms. The maximum Gasteiger partial charge on any atom is 0.172 e. The summed E-state index contributed by atoms with van der Waals surface area (Å²) < 4.78 is 10.9. The first-order valence-electron chi connectivity index (χ1n) is 6.16. The standard InChI is InChI=1S/C14H18O3/c1-2-8-17-13-6-4-3-5-12(13)14(15)11-7-9-16-10-11/h3-6,11H,2,7-10H2,1H3. The number of carbonyl (C=O) groups excluding carboxylic acids is 1. The van der Waals surface area contributed by atoms with Crippen molar-refractivity contribution in [3.8, 4) is 5.75 Å². The van der Waals surface area contributed by atoms with Crippen molar-refractivity contribution in [2.24, 2.45) is 5.92 Å². The Morgan fingerprint density at radius 3 is 3.00 bits per heavy atom. The Bertz CT molecular complexity index is 381. The third kappa shape index (κ3) is 2.86. The molecule has 3 heteroatoms. The first-order valence-corrected chi connectivity index (χ1v) is 6.16. The molecule has 1 heterocycles. The van der Waals surface area contributed by atoms with Gasteiger partial charge in [0.2, 0.25) is 0 Å². The second kappa shape index (κ2) is 5.82. The molecule has 3 nitrogen and oxygen atoms in total. The number of hydrogen-bond donors (Lipinski definition) is 0. The molecule has 1 unspecified atom stereocenters. The van der Waals surface area contributed by atoms with E-state index < -0.39 is 0 Å². The zero-order valence-corrected chi connectivity index (χ0v) is 10.1. The summed E-state index contributed by atoms with van der Waals surface area (Å²) >= 11 is 0. The number of para-hydroxylation sites is 1. The predicted octanol–water partition coefficient (Wildman–Crippen LogP) is 2.69. The van der Waals surface area contributed by atoms with Crippen LogP contribution in [0.4, 0.5) is 0 Å². The molecule has 0 radical (unpaired) electrons. The molecule has 1 aliphatic rings. The number of benzene rings is 1. The number of ether oxygens (including phenoxy) is 2. The van der Waals surface area contributed by atoms with Gasteiger partial charge in [-0.3, -0.25) is 4.79 Å². The molecule has 0 spiro atoms. The molecule has 0 aromatic heterocycles. The Balaban J connectivity index is 2.15. The molecule has 0 amide bonds. The predicted molar refractivity (Wildman–Crippen MR) is 65.5 cm³/mol. The van der Waals surface area contributed by atoms with Crippen LogP contribution < -0.4 is 4.74 Å².